The van der Waals surface area contributed by atoms with E-state index in [1.807, 2.05) is 6.07 Å². The summed E-state index contributed by atoms with van der Waals surface area (Å²) in [7, 11) is 0. The third-order valence-corrected chi connectivity index (χ3v) is 2.90. The van der Waals surface area contributed by atoms with E-state index in [9.17, 15) is 9.18 Å². The van der Waals surface area contributed by atoms with Gasteiger partial charge in [-0.1, -0.05) is 18.2 Å². The van der Waals surface area contributed by atoms with Crippen LogP contribution in [0.3, 0.4) is 0 Å². The zero-order chi connectivity index (χ0) is 16.1. The molecule has 0 saturated heterocycles. The molecule has 0 bridgehead atoms. The van der Waals surface area contributed by atoms with Gasteiger partial charge in [-0.15, -0.1) is 10.2 Å². The first-order valence-corrected chi connectivity index (χ1v) is 6.80. The summed E-state index contributed by atoms with van der Waals surface area (Å²) in [6.07, 6.45) is -0.627. The predicted molar refractivity (Wildman–Crippen MR) is 79.0 cm³/mol. The largest absolute Gasteiger partial charge is 0.419 e. The van der Waals surface area contributed by atoms with Crippen LogP contribution >= 0.6 is 0 Å². The molecule has 0 aliphatic rings. The quantitative estimate of drug-likeness (QED) is 0.800. The van der Waals surface area contributed by atoms with E-state index >= 15 is 0 Å². The van der Waals surface area contributed by atoms with Gasteiger partial charge in [-0.3, -0.25) is 0 Å². The SMILES string of the molecule is O=C(NCc1nnc(-c2ccc(F)cc2)o1)Oc1ccccc1. The number of carbonyl (C=O) groups excluding carboxylic acids is 1. The molecule has 116 valence electrons. The zero-order valence-corrected chi connectivity index (χ0v) is 11.9. The predicted octanol–water partition coefficient (Wildman–Crippen LogP) is 3.16. The lowest BCUT2D eigenvalue weighted by Crippen LogP contribution is -2.26. The van der Waals surface area contributed by atoms with E-state index in [2.05, 4.69) is 15.5 Å². The number of hydrogen-bond acceptors (Lipinski definition) is 5. The normalized spacial score (nSPS) is 10.3. The van der Waals surface area contributed by atoms with E-state index in [0.717, 1.165) is 0 Å². The smallest absolute Gasteiger partial charge is 0.413 e. The molecule has 1 aromatic heterocycles. The van der Waals surface area contributed by atoms with Gasteiger partial charge in [0, 0.05) is 5.56 Å². The molecule has 0 saturated carbocycles. The third kappa shape index (κ3) is 3.91. The summed E-state index contributed by atoms with van der Waals surface area (Å²) in [5, 5.41) is 10.2. The van der Waals surface area contributed by atoms with E-state index in [-0.39, 0.29) is 24.1 Å². The van der Waals surface area contributed by atoms with E-state index in [1.54, 1.807) is 24.3 Å². The van der Waals surface area contributed by atoms with E-state index in [4.69, 9.17) is 9.15 Å². The van der Waals surface area contributed by atoms with Crippen LogP contribution in [0, 0.1) is 5.82 Å². The summed E-state index contributed by atoms with van der Waals surface area (Å²) in [4.78, 5) is 11.6. The molecule has 1 N–H and O–H groups in total. The Morgan fingerprint density at radius 1 is 1.09 bits per heavy atom. The van der Waals surface area contributed by atoms with Crippen LogP contribution in [0.1, 0.15) is 5.89 Å². The number of aromatic nitrogens is 2. The van der Waals surface area contributed by atoms with E-state index in [0.29, 0.717) is 11.3 Å². The first-order valence-electron chi connectivity index (χ1n) is 6.80. The number of halogens is 1. The summed E-state index contributed by atoms with van der Waals surface area (Å²) in [5.41, 5.74) is 0.594. The molecule has 0 aliphatic heterocycles. The van der Waals surface area contributed by atoms with Gasteiger partial charge in [0.2, 0.25) is 11.8 Å². The Balaban J connectivity index is 1.57. The van der Waals surface area contributed by atoms with Crippen molar-refractivity contribution in [2.45, 2.75) is 6.54 Å². The molecule has 6 nitrogen and oxygen atoms in total. The van der Waals surface area contributed by atoms with Crippen LogP contribution in [0.15, 0.2) is 59.0 Å². The zero-order valence-electron chi connectivity index (χ0n) is 11.9. The van der Waals surface area contributed by atoms with Gasteiger partial charge in [0.1, 0.15) is 11.6 Å². The maximum atomic E-state index is 12.9. The molecular formula is C16H12FN3O3. The average molecular weight is 313 g/mol. The molecular weight excluding hydrogens is 301 g/mol. The Morgan fingerprint density at radius 2 is 1.83 bits per heavy atom. The third-order valence-electron chi connectivity index (χ3n) is 2.90. The van der Waals surface area contributed by atoms with Crippen LogP contribution in [-0.2, 0) is 6.54 Å². The minimum Gasteiger partial charge on any atom is -0.419 e. The Morgan fingerprint density at radius 3 is 2.57 bits per heavy atom. The van der Waals surface area contributed by atoms with Crippen LogP contribution in [0.4, 0.5) is 9.18 Å². The number of amides is 1. The van der Waals surface area contributed by atoms with Crippen molar-refractivity contribution in [1.29, 1.82) is 0 Å². The van der Waals surface area contributed by atoms with Gasteiger partial charge in [0.05, 0.1) is 6.54 Å². The maximum Gasteiger partial charge on any atom is 0.413 e. The molecule has 0 unspecified atom stereocenters. The van der Waals surface area contributed by atoms with Gasteiger partial charge in [0.25, 0.3) is 0 Å². The Bertz CT molecular complexity index is 788. The lowest BCUT2D eigenvalue weighted by atomic mass is 10.2. The standard InChI is InChI=1S/C16H12FN3O3/c17-12-8-6-11(7-9-12)15-20-19-14(23-15)10-18-16(21)22-13-4-2-1-3-5-13/h1-9H,10H2,(H,18,21). The van der Waals surface area contributed by atoms with E-state index in [1.165, 1.54) is 24.3 Å². The Hall–Kier alpha value is -3.22. The van der Waals surface area contributed by atoms with Gasteiger partial charge in [-0.2, -0.15) is 0 Å². The number of carbonyl (C=O) groups is 1. The van der Waals surface area contributed by atoms with Crippen LogP contribution < -0.4 is 10.1 Å². The van der Waals surface area contributed by atoms with Crippen LogP contribution in [0.25, 0.3) is 11.5 Å². The first kappa shape index (κ1) is 14.7. The summed E-state index contributed by atoms with van der Waals surface area (Å²) in [5.74, 6) is 0.550. The lowest BCUT2D eigenvalue weighted by molar-refractivity contribution is 0.198. The van der Waals surface area contributed by atoms with Crippen molar-refractivity contribution in [3.8, 4) is 17.2 Å². The fourth-order valence-corrected chi connectivity index (χ4v) is 1.81. The second-order valence-electron chi connectivity index (χ2n) is 4.56. The number of ether oxygens (including phenoxy) is 1. The summed E-state index contributed by atoms with van der Waals surface area (Å²) in [6, 6.07) is 14.3. The molecule has 0 spiro atoms. The molecule has 0 atom stereocenters. The number of rotatable bonds is 4. The molecule has 0 fully saturated rings. The van der Waals surface area contributed by atoms with Crippen molar-refractivity contribution >= 4 is 6.09 Å². The topological polar surface area (TPSA) is 77.3 Å². The number of nitrogens with zero attached hydrogens (tertiary/aromatic N) is 2. The van der Waals surface area contributed by atoms with Crippen LogP contribution in [0.5, 0.6) is 5.75 Å². The minimum atomic E-state index is -0.627. The lowest BCUT2D eigenvalue weighted by Gasteiger charge is -2.04. The fraction of sp³-hybridized carbons (Fsp3) is 0.0625. The molecule has 3 aromatic rings. The van der Waals surface area contributed by atoms with Crippen molar-refractivity contribution in [1.82, 2.24) is 15.5 Å². The van der Waals surface area contributed by atoms with Gasteiger partial charge < -0.3 is 14.5 Å². The molecule has 7 heteroatoms. The second-order valence-corrected chi connectivity index (χ2v) is 4.56. The monoisotopic (exact) mass is 313 g/mol. The van der Waals surface area contributed by atoms with Crippen molar-refractivity contribution in [2.75, 3.05) is 0 Å². The Labute approximate surface area is 130 Å². The summed E-state index contributed by atoms with van der Waals surface area (Å²) >= 11 is 0. The highest BCUT2D eigenvalue weighted by Gasteiger charge is 2.10. The highest BCUT2D eigenvalue weighted by atomic mass is 19.1. The highest BCUT2D eigenvalue weighted by Crippen LogP contribution is 2.18. The van der Waals surface area contributed by atoms with Crippen molar-refractivity contribution in [3.05, 3.63) is 66.3 Å². The molecule has 1 heterocycles. The highest BCUT2D eigenvalue weighted by molar-refractivity contribution is 5.70. The van der Waals surface area contributed by atoms with Crippen molar-refractivity contribution in [3.63, 3.8) is 0 Å². The minimum absolute atomic E-state index is 0.0276. The van der Waals surface area contributed by atoms with Crippen LogP contribution in [0.2, 0.25) is 0 Å². The molecule has 23 heavy (non-hydrogen) atoms. The van der Waals surface area contributed by atoms with Gasteiger partial charge in [-0.25, -0.2) is 9.18 Å². The molecule has 0 aliphatic carbocycles. The van der Waals surface area contributed by atoms with Crippen LogP contribution in [-0.4, -0.2) is 16.3 Å². The number of para-hydroxylation sites is 1. The maximum absolute atomic E-state index is 12.9. The van der Waals surface area contributed by atoms with Gasteiger partial charge in [-0.05, 0) is 36.4 Å². The molecule has 2 aromatic carbocycles. The second kappa shape index (κ2) is 6.69. The molecule has 0 radical (unpaired) electrons. The fourth-order valence-electron chi connectivity index (χ4n) is 1.81. The number of benzene rings is 2. The molecule has 3 rings (SSSR count). The summed E-state index contributed by atoms with van der Waals surface area (Å²) in [6.45, 7) is 0.0276. The average Bonchev–Trinajstić information content (AvgIpc) is 3.04. The van der Waals surface area contributed by atoms with Crippen molar-refractivity contribution < 1.29 is 18.3 Å². The molecule has 1 amide bonds. The first-order chi connectivity index (χ1) is 11.2. The Kier molecular flexibility index (Phi) is 4.28. The number of nitrogens with one attached hydrogen (secondary N) is 1. The number of hydrogen-bond donors (Lipinski definition) is 1. The van der Waals surface area contributed by atoms with Crippen molar-refractivity contribution in [2.24, 2.45) is 0 Å². The van der Waals surface area contributed by atoms with E-state index < -0.39 is 6.09 Å². The van der Waals surface area contributed by atoms with Gasteiger partial charge >= 0.3 is 6.09 Å². The summed E-state index contributed by atoms with van der Waals surface area (Å²) < 4.78 is 23.3. The van der Waals surface area contributed by atoms with Gasteiger partial charge in [0.15, 0.2) is 0 Å².